The zero-order valence-corrected chi connectivity index (χ0v) is 15.4. The standard InChI is InChI=1S/C19H17BrN2O4/c20-13-4-1-5-14(10-13)26-19-18(7-2-8-22-19)25-9-3-6-15-16(23)11-21-12-17(15)24/h1-2,4-5,7-8,10-12,23-24H,3,6,9H2. The lowest BCUT2D eigenvalue weighted by atomic mass is 10.1. The first-order valence-corrected chi connectivity index (χ1v) is 8.79. The summed E-state index contributed by atoms with van der Waals surface area (Å²) in [4.78, 5) is 7.94. The topological polar surface area (TPSA) is 84.7 Å². The highest BCUT2D eigenvalue weighted by atomic mass is 79.9. The van der Waals surface area contributed by atoms with Crippen LogP contribution in [0.2, 0.25) is 0 Å². The maximum Gasteiger partial charge on any atom is 0.262 e. The molecule has 0 aliphatic carbocycles. The molecular weight excluding hydrogens is 400 g/mol. The number of nitrogens with zero attached hydrogens (tertiary/aromatic N) is 2. The summed E-state index contributed by atoms with van der Waals surface area (Å²) in [6.07, 6.45) is 5.30. The average Bonchev–Trinajstić information content (AvgIpc) is 2.62. The van der Waals surface area contributed by atoms with E-state index >= 15 is 0 Å². The van der Waals surface area contributed by atoms with Crippen molar-refractivity contribution in [3.05, 3.63) is 65.0 Å². The van der Waals surface area contributed by atoms with Crippen molar-refractivity contribution in [3.63, 3.8) is 0 Å². The third-order valence-corrected chi connectivity index (χ3v) is 4.08. The second-order valence-electron chi connectivity index (χ2n) is 5.47. The largest absolute Gasteiger partial charge is 0.506 e. The molecule has 0 atom stereocenters. The molecule has 1 aromatic carbocycles. The van der Waals surface area contributed by atoms with Gasteiger partial charge in [0.05, 0.1) is 19.0 Å². The van der Waals surface area contributed by atoms with Gasteiger partial charge in [0.15, 0.2) is 5.75 Å². The SMILES string of the molecule is Oc1cncc(O)c1CCCOc1cccnc1Oc1cccc(Br)c1. The monoisotopic (exact) mass is 416 g/mol. The molecule has 0 saturated carbocycles. The summed E-state index contributed by atoms with van der Waals surface area (Å²) < 4.78 is 12.5. The van der Waals surface area contributed by atoms with Crippen LogP contribution in [0.15, 0.2) is 59.5 Å². The van der Waals surface area contributed by atoms with Gasteiger partial charge in [0.25, 0.3) is 5.88 Å². The fraction of sp³-hybridized carbons (Fsp3) is 0.158. The highest BCUT2D eigenvalue weighted by Gasteiger charge is 2.10. The van der Waals surface area contributed by atoms with Crippen LogP contribution in [0.4, 0.5) is 0 Å². The van der Waals surface area contributed by atoms with Crippen LogP contribution in [0.3, 0.4) is 0 Å². The number of aromatic nitrogens is 2. The van der Waals surface area contributed by atoms with Gasteiger partial charge in [-0.3, -0.25) is 4.98 Å². The van der Waals surface area contributed by atoms with Gasteiger partial charge in [-0.15, -0.1) is 0 Å². The highest BCUT2D eigenvalue weighted by Crippen LogP contribution is 2.31. The summed E-state index contributed by atoms with van der Waals surface area (Å²) in [5, 5.41) is 19.5. The van der Waals surface area contributed by atoms with Gasteiger partial charge in [-0.2, -0.15) is 0 Å². The summed E-state index contributed by atoms with van der Waals surface area (Å²) in [5.41, 5.74) is 0.459. The second-order valence-corrected chi connectivity index (χ2v) is 6.39. The quantitative estimate of drug-likeness (QED) is 0.553. The van der Waals surface area contributed by atoms with Gasteiger partial charge >= 0.3 is 0 Å². The molecule has 0 spiro atoms. The van der Waals surface area contributed by atoms with Crippen LogP contribution in [-0.2, 0) is 6.42 Å². The van der Waals surface area contributed by atoms with Crippen LogP contribution in [0.1, 0.15) is 12.0 Å². The molecule has 2 aromatic heterocycles. The Bertz CT molecular complexity index is 869. The molecule has 0 aliphatic heterocycles. The van der Waals surface area contributed by atoms with Crippen molar-refractivity contribution >= 4 is 15.9 Å². The lowest BCUT2D eigenvalue weighted by Crippen LogP contribution is -2.02. The molecule has 2 N–H and O–H groups in total. The fourth-order valence-corrected chi connectivity index (χ4v) is 2.74. The Morgan fingerprint density at radius 1 is 1.04 bits per heavy atom. The molecule has 134 valence electrons. The van der Waals surface area contributed by atoms with Gasteiger partial charge in [-0.05, 0) is 43.2 Å². The number of hydrogen-bond acceptors (Lipinski definition) is 6. The summed E-state index contributed by atoms with van der Waals surface area (Å²) in [5.74, 6) is 1.50. The van der Waals surface area contributed by atoms with Crippen molar-refractivity contribution in [2.24, 2.45) is 0 Å². The molecule has 0 radical (unpaired) electrons. The van der Waals surface area contributed by atoms with Crippen LogP contribution in [0.25, 0.3) is 0 Å². The van der Waals surface area contributed by atoms with E-state index < -0.39 is 0 Å². The lowest BCUT2D eigenvalue weighted by molar-refractivity contribution is 0.291. The molecule has 0 unspecified atom stereocenters. The van der Waals surface area contributed by atoms with E-state index in [1.807, 2.05) is 24.3 Å². The van der Waals surface area contributed by atoms with E-state index in [2.05, 4.69) is 25.9 Å². The fourth-order valence-electron chi connectivity index (χ4n) is 2.36. The van der Waals surface area contributed by atoms with E-state index in [9.17, 15) is 10.2 Å². The first-order chi connectivity index (χ1) is 12.6. The van der Waals surface area contributed by atoms with Crippen LogP contribution in [0.5, 0.6) is 28.9 Å². The van der Waals surface area contributed by atoms with E-state index in [4.69, 9.17) is 9.47 Å². The Morgan fingerprint density at radius 2 is 1.85 bits per heavy atom. The molecule has 0 aliphatic rings. The molecule has 0 amide bonds. The zero-order valence-electron chi connectivity index (χ0n) is 13.8. The van der Waals surface area contributed by atoms with E-state index in [-0.39, 0.29) is 11.5 Å². The molecule has 2 heterocycles. The minimum atomic E-state index is -0.0231. The minimum absolute atomic E-state index is 0.0231. The number of ether oxygens (including phenoxy) is 2. The Kier molecular flexibility index (Phi) is 5.91. The van der Waals surface area contributed by atoms with Gasteiger partial charge in [0.1, 0.15) is 17.2 Å². The Balaban J connectivity index is 1.60. The minimum Gasteiger partial charge on any atom is -0.506 e. The molecule has 0 saturated heterocycles. The zero-order chi connectivity index (χ0) is 18.4. The predicted octanol–water partition coefficient (Wildman–Crippen LogP) is 4.45. The third kappa shape index (κ3) is 4.64. The molecule has 3 rings (SSSR count). The first kappa shape index (κ1) is 18.0. The first-order valence-electron chi connectivity index (χ1n) is 7.99. The van der Waals surface area contributed by atoms with E-state index in [1.165, 1.54) is 12.4 Å². The van der Waals surface area contributed by atoms with Crippen molar-refractivity contribution < 1.29 is 19.7 Å². The molecule has 26 heavy (non-hydrogen) atoms. The number of benzene rings is 1. The van der Waals surface area contributed by atoms with Crippen molar-refractivity contribution in [3.8, 4) is 28.9 Å². The van der Waals surface area contributed by atoms with Gasteiger partial charge in [-0.1, -0.05) is 22.0 Å². The summed E-state index contributed by atoms with van der Waals surface area (Å²) in [6.45, 7) is 0.377. The number of pyridine rings is 2. The van der Waals surface area contributed by atoms with Crippen LogP contribution in [-0.4, -0.2) is 26.8 Å². The van der Waals surface area contributed by atoms with Crippen LogP contribution < -0.4 is 9.47 Å². The Hall–Kier alpha value is -2.80. The third-order valence-electron chi connectivity index (χ3n) is 3.59. The van der Waals surface area contributed by atoms with Crippen LogP contribution >= 0.6 is 15.9 Å². The van der Waals surface area contributed by atoms with E-state index in [0.29, 0.717) is 42.4 Å². The average molecular weight is 417 g/mol. The maximum absolute atomic E-state index is 9.74. The van der Waals surface area contributed by atoms with Crippen molar-refractivity contribution in [1.82, 2.24) is 9.97 Å². The number of hydrogen-bond donors (Lipinski definition) is 2. The molecule has 7 heteroatoms. The molecule has 0 bridgehead atoms. The highest BCUT2D eigenvalue weighted by molar-refractivity contribution is 9.10. The number of rotatable bonds is 7. The Labute approximate surface area is 159 Å². The van der Waals surface area contributed by atoms with Gasteiger partial charge in [0.2, 0.25) is 0 Å². The second kappa shape index (κ2) is 8.53. The molecule has 0 fully saturated rings. The van der Waals surface area contributed by atoms with Gasteiger partial charge in [0, 0.05) is 16.2 Å². The van der Waals surface area contributed by atoms with Gasteiger partial charge < -0.3 is 19.7 Å². The van der Waals surface area contributed by atoms with E-state index in [1.54, 1.807) is 18.3 Å². The maximum atomic E-state index is 9.74. The normalized spacial score (nSPS) is 10.5. The molecule has 3 aromatic rings. The van der Waals surface area contributed by atoms with Crippen molar-refractivity contribution in [2.75, 3.05) is 6.61 Å². The molecular formula is C19H17BrN2O4. The smallest absolute Gasteiger partial charge is 0.262 e. The van der Waals surface area contributed by atoms with Gasteiger partial charge in [-0.25, -0.2) is 4.98 Å². The summed E-state index contributed by atoms with van der Waals surface area (Å²) in [6, 6.07) is 11.0. The van der Waals surface area contributed by atoms with Crippen molar-refractivity contribution in [1.29, 1.82) is 0 Å². The number of aromatic hydroxyl groups is 2. The molecule has 6 nitrogen and oxygen atoms in total. The number of halogens is 1. The van der Waals surface area contributed by atoms with E-state index in [0.717, 1.165) is 4.47 Å². The summed E-state index contributed by atoms with van der Waals surface area (Å²) >= 11 is 3.40. The predicted molar refractivity (Wildman–Crippen MR) is 99.8 cm³/mol. The lowest BCUT2D eigenvalue weighted by Gasteiger charge is -2.12. The van der Waals surface area contributed by atoms with Crippen LogP contribution in [0, 0.1) is 0 Å². The summed E-state index contributed by atoms with van der Waals surface area (Å²) in [7, 11) is 0. The Morgan fingerprint density at radius 3 is 2.62 bits per heavy atom. The van der Waals surface area contributed by atoms with Crippen molar-refractivity contribution in [2.45, 2.75) is 12.8 Å².